The zero-order valence-electron chi connectivity index (χ0n) is 11.0. The maximum Gasteiger partial charge on any atom is 0.149 e. The number of hydrogen-bond donors (Lipinski definition) is 1. The third-order valence-corrected chi connectivity index (χ3v) is 2.78. The predicted molar refractivity (Wildman–Crippen MR) is 70.6 cm³/mol. The molecule has 1 N–H and O–H groups in total. The Bertz CT molecular complexity index is 373. The SMILES string of the molecule is CCC(CC)Oc1cc(N(C)C)ccc1N=N. The first-order valence-electron chi connectivity index (χ1n) is 5.97. The molecule has 4 nitrogen and oxygen atoms in total. The maximum atomic E-state index is 7.15. The van der Waals surface area contributed by atoms with Crippen LogP contribution in [-0.2, 0) is 0 Å². The van der Waals surface area contributed by atoms with E-state index in [0.717, 1.165) is 18.5 Å². The lowest BCUT2D eigenvalue weighted by atomic mass is 10.2. The molecular formula is C13H21N3O. The number of rotatable bonds is 6. The van der Waals surface area contributed by atoms with E-state index in [1.54, 1.807) is 0 Å². The first-order valence-corrected chi connectivity index (χ1v) is 5.97. The van der Waals surface area contributed by atoms with E-state index in [1.807, 2.05) is 37.2 Å². The Morgan fingerprint density at radius 3 is 2.41 bits per heavy atom. The van der Waals surface area contributed by atoms with Gasteiger partial charge in [-0.2, -0.15) is 5.11 Å². The van der Waals surface area contributed by atoms with Crippen LogP contribution in [0.1, 0.15) is 26.7 Å². The van der Waals surface area contributed by atoms with Crippen molar-refractivity contribution in [2.45, 2.75) is 32.8 Å². The second-order valence-electron chi connectivity index (χ2n) is 4.21. The molecule has 0 saturated heterocycles. The van der Waals surface area contributed by atoms with Crippen molar-refractivity contribution >= 4 is 11.4 Å². The molecule has 0 aromatic heterocycles. The van der Waals surface area contributed by atoms with E-state index in [2.05, 4.69) is 19.0 Å². The molecule has 0 fully saturated rings. The lowest BCUT2D eigenvalue weighted by Gasteiger charge is -2.19. The van der Waals surface area contributed by atoms with Crippen LogP contribution in [0, 0.1) is 5.53 Å². The highest BCUT2D eigenvalue weighted by Gasteiger charge is 2.10. The smallest absolute Gasteiger partial charge is 0.149 e. The van der Waals surface area contributed by atoms with Crippen molar-refractivity contribution in [2.24, 2.45) is 5.11 Å². The number of nitrogens with zero attached hydrogens (tertiary/aromatic N) is 2. The zero-order valence-corrected chi connectivity index (χ0v) is 11.0. The van der Waals surface area contributed by atoms with Crippen LogP contribution in [0.3, 0.4) is 0 Å². The fourth-order valence-electron chi connectivity index (χ4n) is 1.60. The van der Waals surface area contributed by atoms with E-state index in [0.29, 0.717) is 11.4 Å². The van der Waals surface area contributed by atoms with E-state index < -0.39 is 0 Å². The average Bonchev–Trinajstić information content (AvgIpc) is 2.35. The molecule has 0 unspecified atom stereocenters. The van der Waals surface area contributed by atoms with Crippen molar-refractivity contribution in [1.82, 2.24) is 0 Å². The summed E-state index contributed by atoms with van der Waals surface area (Å²) < 4.78 is 5.89. The molecule has 0 heterocycles. The molecule has 0 bridgehead atoms. The number of nitrogens with one attached hydrogen (secondary N) is 1. The summed E-state index contributed by atoms with van der Waals surface area (Å²) in [4.78, 5) is 2.01. The molecule has 1 rings (SSSR count). The molecular weight excluding hydrogens is 214 g/mol. The van der Waals surface area contributed by atoms with Gasteiger partial charge in [-0.1, -0.05) is 13.8 Å². The second-order valence-corrected chi connectivity index (χ2v) is 4.21. The Morgan fingerprint density at radius 1 is 1.29 bits per heavy atom. The van der Waals surface area contributed by atoms with Crippen LogP contribution in [0.15, 0.2) is 23.3 Å². The maximum absolute atomic E-state index is 7.15. The van der Waals surface area contributed by atoms with Gasteiger partial charge >= 0.3 is 0 Å². The molecule has 4 heteroatoms. The average molecular weight is 235 g/mol. The summed E-state index contributed by atoms with van der Waals surface area (Å²) in [6, 6.07) is 5.69. The van der Waals surface area contributed by atoms with Crippen molar-refractivity contribution < 1.29 is 4.74 Å². The van der Waals surface area contributed by atoms with Gasteiger partial charge in [-0.3, -0.25) is 0 Å². The van der Waals surface area contributed by atoms with Crippen LogP contribution < -0.4 is 9.64 Å². The lowest BCUT2D eigenvalue weighted by Crippen LogP contribution is -2.14. The number of benzene rings is 1. The van der Waals surface area contributed by atoms with Gasteiger partial charge in [-0.25, -0.2) is 5.53 Å². The van der Waals surface area contributed by atoms with Crippen LogP contribution >= 0.6 is 0 Å². The fraction of sp³-hybridized carbons (Fsp3) is 0.538. The number of anilines is 1. The summed E-state index contributed by atoms with van der Waals surface area (Å²) >= 11 is 0. The molecule has 1 aromatic carbocycles. The van der Waals surface area contributed by atoms with Crippen LogP contribution in [0.5, 0.6) is 5.75 Å². The Hall–Kier alpha value is -1.58. The predicted octanol–water partition coefficient (Wildman–Crippen LogP) is 3.98. The number of ether oxygens (including phenoxy) is 1. The quantitative estimate of drug-likeness (QED) is 0.758. The van der Waals surface area contributed by atoms with E-state index in [9.17, 15) is 0 Å². The Labute approximate surface area is 103 Å². The van der Waals surface area contributed by atoms with Crippen molar-refractivity contribution in [3.63, 3.8) is 0 Å². The molecule has 17 heavy (non-hydrogen) atoms. The molecule has 0 aliphatic rings. The van der Waals surface area contributed by atoms with Gasteiger partial charge in [0.15, 0.2) is 0 Å². The van der Waals surface area contributed by atoms with Crippen molar-refractivity contribution in [3.05, 3.63) is 18.2 Å². The van der Waals surface area contributed by atoms with E-state index in [-0.39, 0.29) is 6.10 Å². The molecule has 0 amide bonds. The minimum absolute atomic E-state index is 0.188. The van der Waals surface area contributed by atoms with Gasteiger partial charge in [-0.05, 0) is 25.0 Å². The highest BCUT2D eigenvalue weighted by molar-refractivity contribution is 5.61. The van der Waals surface area contributed by atoms with Gasteiger partial charge in [0.2, 0.25) is 0 Å². The number of hydrogen-bond acceptors (Lipinski definition) is 4. The minimum atomic E-state index is 0.188. The molecule has 0 aliphatic heterocycles. The summed E-state index contributed by atoms with van der Waals surface area (Å²) in [6.07, 6.45) is 2.10. The summed E-state index contributed by atoms with van der Waals surface area (Å²) in [7, 11) is 3.96. The summed E-state index contributed by atoms with van der Waals surface area (Å²) in [5.41, 5.74) is 8.79. The topological polar surface area (TPSA) is 48.7 Å². The van der Waals surface area contributed by atoms with Gasteiger partial charge in [0.25, 0.3) is 0 Å². The molecule has 0 spiro atoms. The standard InChI is InChI=1S/C13H21N3O/c1-5-11(6-2)17-13-9-10(16(3)4)7-8-12(13)15-14/h7-9,11,14H,5-6H2,1-4H3. The van der Waals surface area contributed by atoms with Crippen molar-refractivity contribution in [1.29, 1.82) is 5.53 Å². The summed E-state index contributed by atoms with van der Waals surface area (Å²) in [5, 5.41) is 3.50. The highest BCUT2D eigenvalue weighted by atomic mass is 16.5. The molecule has 94 valence electrons. The largest absolute Gasteiger partial charge is 0.488 e. The normalized spacial score (nSPS) is 10.4. The third-order valence-electron chi connectivity index (χ3n) is 2.78. The first kappa shape index (κ1) is 13.5. The molecule has 0 aliphatic carbocycles. The first-order chi connectivity index (χ1) is 8.12. The minimum Gasteiger partial charge on any atom is -0.488 e. The van der Waals surface area contributed by atoms with E-state index in [4.69, 9.17) is 10.3 Å². The van der Waals surface area contributed by atoms with Gasteiger partial charge in [0.05, 0.1) is 6.10 Å². The van der Waals surface area contributed by atoms with Crippen molar-refractivity contribution in [2.75, 3.05) is 19.0 Å². The van der Waals surface area contributed by atoms with Gasteiger partial charge in [0, 0.05) is 25.8 Å². The zero-order chi connectivity index (χ0) is 12.8. The fourth-order valence-corrected chi connectivity index (χ4v) is 1.60. The van der Waals surface area contributed by atoms with Crippen LogP contribution in [0.4, 0.5) is 11.4 Å². The second kappa shape index (κ2) is 6.23. The van der Waals surface area contributed by atoms with Gasteiger partial charge in [-0.15, -0.1) is 0 Å². The summed E-state index contributed by atoms with van der Waals surface area (Å²) in [5.74, 6) is 0.694. The van der Waals surface area contributed by atoms with Gasteiger partial charge in [0.1, 0.15) is 11.4 Å². The molecule has 0 saturated carbocycles. The van der Waals surface area contributed by atoms with E-state index in [1.165, 1.54) is 0 Å². The Morgan fingerprint density at radius 2 is 1.94 bits per heavy atom. The third kappa shape index (κ3) is 3.44. The monoisotopic (exact) mass is 235 g/mol. The van der Waals surface area contributed by atoms with Crippen LogP contribution in [-0.4, -0.2) is 20.2 Å². The summed E-state index contributed by atoms with van der Waals surface area (Å²) in [6.45, 7) is 4.20. The van der Waals surface area contributed by atoms with Gasteiger partial charge < -0.3 is 9.64 Å². The lowest BCUT2D eigenvalue weighted by molar-refractivity contribution is 0.193. The van der Waals surface area contributed by atoms with Crippen LogP contribution in [0.2, 0.25) is 0 Å². The highest BCUT2D eigenvalue weighted by Crippen LogP contribution is 2.32. The molecule has 1 aromatic rings. The Balaban J connectivity index is 3.01. The van der Waals surface area contributed by atoms with E-state index >= 15 is 0 Å². The molecule has 0 atom stereocenters. The van der Waals surface area contributed by atoms with Crippen molar-refractivity contribution in [3.8, 4) is 5.75 Å². The Kier molecular flexibility index (Phi) is 4.94. The van der Waals surface area contributed by atoms with Crippen LogP contribution in [0.25, 0.3) is 0 Å². The molecule has 0 radical (unpaired) electrons.